The van der Waals surface area contributed by atoms with Crippen LogP contribution in [0.15, 0.2) is 270 Å². The van der Waals surface area contributed by atoms with Crippen molar-refractivity contribution in [2.24, 2.45) is 15.0 Å². The largest absolute Gasteiger partial charge is 0.309 e. The van der Waals surface area contributed by atoms with Gasteiger partial charge >= 0.3 is 0 Å². The molecule has 0 saturated carbocycles. The molecule has 0 bridgehead atoms. The van der Waals surface area contributed by atoms with Gasteiger partial charge < -0.3 is 4.57 Å². The number of aliphatic imine (C=N–C) groups is 3. The summed E-state index contributed by atoms with van der Waals surface area (Å²) in [4.78, 5) is 12.7. The second-order valence-corrected chi connectivity index (χ2v) is 18.5. The van der Waals surface area contributed by atoms with Crippen LogP contribution in [0.5, 0.6) is 0 Å². The Kier molecular flexibility index (Phi) is 12.1. The van der Waals surface area contributed by atoms with Crippen LogP contribution in [0.2, 0.25) is 0 Å². The molecular formula is C69H50N4. The third-order valence-corrected chi connectivity index (χ3v) is 14.0. The Bertz CT molecular complexity index is 4220. The fourth-order valence-electron chi connectivity index (χ4n) is 10.6. The molecule has 0 aliphatic carbocycles. The number of amidine groups is 1. The Labute approximate surface area is 425 Å². The molecule has 346 valence electrons. The fraction of sp³-hybridized carbons (Fsp3) is 0.0290. The SMILES string of the molecule is C=NC(=NCc1ccc(-c2ccccc2)cc1)c1ccccc1.C=NCc1cccc(-c2ccc3c(c2)c2ccccc2c2cccc(-c4ccc5c6ccccc6n(-c6ccc7ccccc7c6)c5c4)c23)c1. The van der Waals surface area contributed by atoms with Crippen molar-refractivity contribution in [1.82, 2.24) is 4.57 Å². The molecule has 0 radical (unpaired) electrons. The van der Waals surface area contributed by atoms with Crippen LogP contribution in [0, 0.1) is 0 Å². The van der Waals surface area contributed by atoms with Crippen molar-refractivity contribution in [3.63, 3.8) is 0 Å². The molecule has 73 heavy (non-hydrogen) atoms. The van der Waals surface area contributed by atoms with Gasteiger partial charge in [0.25, 0.3) is 0 Å². The van der Waals surface area contributed by atoms with E-state index in [1.165, 1.54) is 110 Å². The lowest BCUT2D eigenvalue weighted by Crippen LogP contribution is -1.97. The highest BCUT2D eigenvalue weighted by molar-refractivity contribution is 6.29. The van der Waals surface area contributed by atoms with Gasteiger partial charge in [-0.2, -0.15) is 0 Å². The first-order chi connectivity index (χ1) is 36.1. The highest BCUT2D eigenvalue weighted by Crippen LogP contribution is 2.43. The van der Waals surface area contributed by atoms with Crippen LogP contribution in [0.25, 0.3) is 104 Å². The highest BCUT2D eigenvalue weighted by atomic mass is 15.0. The van der Waals surface area contributed by atoms with Crippen LogP contribution in [0.3, 0.4) is 0 Å². The van der Waals surface area contributed by atoms with E-state index >= 15 is 0 Å². The summed E-state index contributed by atoms with van der Waals surface area (Å²) >= 11 is 0. The van der Waals surface area contributed by atoms with Crippen LogP contribution in [-0.4, -0.2) is 23.8 Å². The number of hydrogen-bond acceptors (Lipinski definition) is 2. The van der Waals surface area contributed by atoms with Gasteiger partial charge in [0.05, 0.1) is 24.1 Å². The minimum Gasteiger partial charge on any atom is -0.309 e. The lowest BCUT2D eigenvalue weighted by molar-refractivity contribution is 1.06. The third kappa shape index (κ3) is 8.66. The predicted molar refractivity (Wildman–Crippen MR) is 313 cm³/mol. The molecule has 0 unspecified atom stereocenters. The predicted octanol–water partition coefficient (Wildman–Crippen LogP) is 17.9. The van der Waals surface area contributed by atoms with Crippen molar-refractivity contribution >= 4 is 84.2 Å². The van der Waals surface area contributed by atoms with E-state index in [0.29, 0.717) is 18.9 Å². The number of fused-ring (bicyclic) bond motifs is 10. The Hall–Kier alpha value is -9.51. The second kappa shape index (κ2) is 19.7. The summed E-state index contributed by atoms with van der Waals surface area (Å²) in [6, 6.07) is 91.2. The molecule has 12 aromatic carbocycles. The minimum absolute atomic E-state index is 0.596. The first-order valence-corrected chi connectivity index (χ1v) is 24.7. The molecule has 0 aliphatic rings. The summed E-state index contributed by atoms with van der Waals surface area (Å²) in [7, 11) is 0. The second-order valence-electron chi connectivity index (χ2n) is 18.5. The quantitative estimate of drug-likeness (QED) is 0.0786. The summed E-state index contributed by atoms with van der Waals surface area (Å²) in [5.41, 5.74) is 14.2. The zero-order valence-electron chi connectivity index (χ0n) is 40.4. The third-order valence-electron chi connectivity index (χ3n) is 14.0. The molecule has 0 fully saturated rings. The minimum atomic E-state index is 0.596. The number of aromatic nitrogens is 1. The molecule has 1 aromatic heterocycles. The Balaban J connectivity index is 0.000000198. The molecule has 0 N–H and O–H groups in total. The van der Waals surface area contributed by atoms with Gasteiger partial charge in [-0.25, -0.2) is 4.99 Å². The van der Waals surface area contributed by atoms with Crippen molar-refractivity contribution in [3.05, 3.63) is 271 Å². The van der Waals surface area contributed by atoms with Gasteiger partial charge in [0.1, 0.15) is 0 Å². The van der Waals surface area contributed by atoms with E-state index in [9.17, 15) is 0 Å². The molecule has 0 atom stereocenters. The van der Waals surface area contributed by atoms with E-state index in [1.54, 1.807) is 0 Å². The van der Waals surface area contributed by atoms with E-state index < -0.39 is 0 Å². The average Bonchev–Trinajstić information content (AvgIpc) is 3.79. The number of nitrogens with zero attached hydrogens (tertiary/aromatic N) is 4. The number of rotatable bonds is 9. The molecule has 0 amide bonds. The van der Waals surface area contributed by atoms with Crippen molar-refractivity contribution in [3.8, 4) is 39.1 Å². The normalized spacial score (nSPS) is 11.6. The van der Waals surface area contributed by atoms with E-state index in [4.69, 9.17) is 0 Å². The van der Waals surface area contributed by atoms with Gasteiger partial charge in [0, 0.05) is 22.0 Å². The topological polar surface area (TPSA) is 42.0 Å². The maximum absolute atomic E-state index is 4.57. The lowest BCUT2D eigenvalue weighted by atomic mass is 9.88. The molecule has 0 spiro atoms. The molecular weight excluding hydrogens is 885 g/mol. The van der Waals surface area contributed by atoms with Crippen LogP contribution < -0.4 is 0 Å². The van der Waals surface area contributed by atoms with E-state index in [2.05, 4.69) is 251 Å². The van der Waals surface area contributed by atoms with Crippen LogP contribution >= 0.6 is 0 Å². The Morgan fingerprint density at radius 1 is 0.356 bits per heavy atom. The zero-order chi connectivity index (χ0) is 49.1. The number of para-hydroxylation sites is 1. The van der Waals surface area contributed by atoms with Gasteiger partial charge in [0.2, 0.25) is 0 Å². The molecule has 0 saturated heterocycles. The van der Waals surface area contributed by atoms with Crippen molar-refractivity contribution in [2.45, 2.75) is 13.1 Å². The lowest BCUT2D eigenvalue weighted by Gasteiger charge is -2.16. The molecule has 4 heteroatoms. The van der Waals surface area contributed by atoms with E-state index in [-0.39, 0.29) is 0 Å². The van der Waals surface area contributed by atoms with Gasteiger partial charge in [-0.3, -0.25) is 9.98 Å². The maximum atomic E-state index is 4.57. The molecule has 4 nitrogen and oxygen atoms in total. The smallest absolute Gasteiger partial charge is 0.154 e. The zero-order valence-corrected chi connectivity index (χ0v) is 40.4. The number of benzene rings is 12. The average molecular weight is 935 g/mol. The van der Waals surface area contributed by atoms with E-state index in [1.807, 2.05) is 36.4 Å². The van der Waals surface area contributed by atoms with Gasteiger partial charge in [-0.05, 0) is 137 Å². The van der Waals surface area contributed by atoms with Gasteiger partial charge in [-0.15, -0.1) is 0 Å². The standard InChI is InChI=1S/C48H32N2.C21H18N2/c1-49-30-31-10-8-13-33(26-31)35-21-25-44-45(28-35)40-15-5-4-14-39(40)43-18-9-17-38(48(43)44)36-22-24-42-41-16-6-7-19-46(41)50(47(42)29-36)37-23-20-32-11-2-3-12-34(32)27-37;1-22-21(20-10-6-3-7-11-20)23-16-17-12-14-19(15-13-17)18-8-4-2-5-9-18/h2-29H,1,30H2;2-15H,1,16H2. The Morgan fingerprint density at radius 2 is 0.945 bits per heavy atom. The van der Waals surface area contributed by atoms with Crippen molar-refractivity contribution < 1.29 is 0 Å². The first kappa shape index (κ1) is 44.7. The monoisotopic (exact) mass is 934 g/mol. The summed E-state index contributed by atoms with van der Waals surface area (Å²) in [5, 5.41) is 12.6. The molecule has 13 rings (SSSR count). The summed E-state index contributed by atoms with van der Waals surface area (Å²) in [6.45, 7) is 8.53. The fourth-order valence-corrected chi connectivity index (χ4v) is 10.6. The number of hydrogen-bond donors (Lipinski definition) is 0. The van der Waals surface area contributed by atoms with Crippen LogP contribution in [0.1, 0.15) is 16.7 Å². The summed E-state index contributed by atoms with van der Waals surface area (Å²) in [5.74, 6) is 0.678. The Morgan fingerprint density at radius 3 is 1.74 bits per heavy atom. The molecule has 13 aromatic rings. The van der Waals surface area contributed by atoms with E-state index in [0.717, 1.165) is 11.1 Å². The summed E-state index contributed by atoms with van der Waals surface area (Å²) < 4.78 is 2.43. The van der Waals surface area contributed by atoms with Crippen LogP contribution in [-0.2, 0) is 13.1 Å². The maximum Gasteiger partial charge on any atom is 0.154 e. The van der Waals surface area contributed by atoms with Crippen molar-refractivity contribution in [2.75, 3.05) is 0 Å². The van der Waals surface area contributed by atoms with Gasteiger partial charge in [0.15, 0.2) is 5.84 Å². The van der Waals surface area contributed by atoms with Crippen molar-refractivity contribution in [1.29, 1.82) is 0 Å². The summed E-state index contributed by atoms with van der Waals surface area (Å²) in [6.07, 6.45) is 0. The first-order valence-electron chi connectivity index (χ1n) is 24.7. The van der Waals surface area contributed by atoms with Gasteiger partial charge in [-0.1, -0.05) is 218 Å². The molecule has 1 heterocycles. The van der Waals surface area contributed by atoms with Crippen LogP contribution in [0.4, 0.5) is 0 Å². The molecule has 0 aliphatic heterocycles. The highest BCUT2D eigenvalue weighted by Gasteiger charge is 2.18.